The van der Waals surface area contributed by atoms with E-state index in [4.69, 9.17) is 0 Å². The van der Waals surface area contributed by atoms with Crippen LogP contribution in [0.15, 0.2) is 42.2 Å². The molecule has 0 fully saturated rings. The van der Waals surface area contributed by atoms with E-state index in [9.17, 15) is 12.8 Å². The van der Waals surface area contributed by atoms with Gasteiger partial charge in [0.05, 0.1) is 19.3 Å². The molecule has 0 amide bonds. The number of hydrogen-bond acceptors (Lipinski definition) is 3. The molecule has 0 aliphatic heterocycles. The number of benzene rings is 1. The maximum absolute atomic E-state index is 14.3. The molecule has 2 aromatic heterocycles. The van der Waals surface area contributed by atoms with E-state index in [1.54, 1.807) is 12.1 Å². The zero-order valence-corrected chi connectivity index (χ0v) is 17.9. The Morgan fingerprint density at radius 2 is 1.86 bits per heavy atom. The predicted molar refractivity (Wildman–Crippen MR) is 115 cm³/mol. The highest BCUT2D eigenvalue weighted by molar-refractivity contribution is 7.92. The largest absolute Gasteiger partial charge is 0.354 e. The van der Waals surface area contributed by atoms with E-state index in [0.29, 0.717) is 12.2 Å². The molecule has 3 rings (SSSR count). The van der Waals surface area contributed by atoms with Gasteiger partial charge in [-0.25, -0.2) is 12.8 Å². The first-order valence-electron chi connectivity index (χ1n) is 9.29. The standard InChI is InChI=1S/C21H25FN4O2S/c1-13-9-16(10-14(2)24-13)21-15(3)26(12-17(22)7-8-23)20-6-5-18(11-19(20)21)25-29(4,27)28/h5-7,9-11,25H,8,12,23H2,1-4H3/p+1. The van der Waals surface area contributed by atoms with Crippen molar-refractivity contribution in [2.75, 3.05) is 17.5 Å². The van der Waals surface area contributed by atoms with Crippen molar-refractivity contribution in [2.24, 2.45) is 0 Å². The molecule has 0 saturated heterocycles. The lowest BCUT2D eigenvalue weighted by molar-refractivity contribution is -0.353. The number of pyridine rings is 1. The fourth-order valence-corrected chi connectivity index (χ4v) is 4.23. The number of quaternary nitrogens is 1. The second kappa shape index (κ2) is 7.96. The third-order valence-corrected chi connectivity index (χ3v) is 5.28. The first kappa shape index (κ1) is 21.0. The average Bonchev–Trinajstić information content (AvgIpc) is 2.84. The number of sulfonamides is 1. The van der Waals surface area contributed by atoms with Crippen LogP contribution in [-0.4, -0.2) is 30.8 Å². The van der Waals surface area contributed by atoms with Gasteiger partial charge in [-0.3, -0.25) is 9.71 Å². The summed E-state index contributed by atoms with van der Waals surface area (Å²) in [7, 11) is -3.41. The fourth-order valence-electron chi connectivity index (χ4n) is 3.68. The number of nitrogens with one attached hydrogen (secondary N) is 1. The number of fused-ring (bicyclic) bond motifs is 1. The summed E-state index contributed by atoms with van der Waals surface area (Å²) >= 11 is 0. The lowest BCUT2D eigenvalue weighted by Crippen LogP contribution is -2.49. The van der Waals surface area contributed by atoms with Gasteiger partial charge in [0.15, 0.2) is 0 Å². The monoisotopic (exact) mass is 417 g/mol. The Kier molecular flexibility index (Phi) is 5.77. The number of aryl methyl sites for hydroxylation is 2. The lowest BCUT2D eigenvalue weighted by atomic mass is 10.0. The average molecular weight is 418 g/mol. The molecule has 0 unspecified atom stereocenters. The van der Waals surface area contributed by atoms with Crippen molar-refractivity contribution in [1.29, 1.82) is 0 Å². The van der Waals surface area contributed by atoms with Gasteiger partial charge in [-0.15, -0.1) is 0 Å². The number of aromatic nitrogens is 2. The molecule has 3 aromatic rings. The van der Waals surface area contributed by atoms with Crippen LogP contribution >= 0.6 is 0 Å². The Morgan fingerprint density at radius 3 is 2.45 bits per heavy atom. The molecule has 2 heterocycles. The Bertz CT molecular complexity index is 1190. The topological polar surface area (TPSA) is 91.6 Å². The Labute approximate surface area is 170 Å². The number of halogens is 1. The number of rotatable bonds is 6. The van der Waals surface area contributed by atoms with Crippen LogP contribution in [0.25, 0.3) is 22.0 Å². The van der Waals surface area contributed by atoms with Crippen LogP contribution in [0.5, 0.6) is 0 Å². The highest BCUT2D eigenvalue weighted by Crippen LogP contribution is 2.37. The van der Waals surface area contributed by atoms with Gasteiger partial charge in [0, 0.05) is 45.3 Å². The van der Waals surface area contributed by atoms with Gasteiger partial charge in [-0.1, -0.05) is 0 Å². The van der Waals surface area contributed by atoms with Gasteiger partial charge in [0.25, 0.3) is 0 Å². The van der Waals surface area contributed by atoms with E-state index in [1.165, 1.54) is 6.08 Å². The van der Waals surface area contributed by atoms with E-state index in [1.807, 2.05) is 43.5 Å². The van der Waals surface area contributed by atoms with Crippen LogP contribution in [0.1, 0.15) is 17.1 Å². The molecule has 154 valence electrons. The smallest absolute Gasteiger partial charge is 0.229 e. The van der Waals surface area contributed by atoms with Gasteiger partial charge < -0.3 is 10.3 Å². The first-order valence-corrected chi connectivity index (χ1v) is 11.2. The number of hydrogen-bond donors (Lipinski definition) is 2. The summed E-state index contributed by atoms with van der Waals surface area (Å²) in [5.41, 5.74) is 9.54. The molecular weight excluding hydrogens is 391 g/mol. The van der Waals surface area contributed by atoms with Gasteiger partial charge in [0.1, 0.15) is 5.83 Å². The molecule has 0 spiro atoms. The van der Waals surface area contributed by atoms with E-state index >= 15 is 0 Å². The molecule has 0 bridgehead atoms. The second-order valence-corrected chi connectivity index (χ2v) is 8.98. The highest BCUT2D eigenvalue weighted by atomic mass is 32.2. The summed E-state index contributed by atoms with van der Waals surface area (Å²) in [6.45, 7) is 6.28. The van der Waals surface area contributed by atoms with Gasteiger partial charge >= 0.3 is 0 Å². The highest BCUT2D eigenvalue weighted by Gasteiger charge is 2.18. The minimum absolute atomic E-state index is 0.0970. The van der Waals surface area contributed by atoms with Crippen molar-refractivity contribution >= 4 is 26.6 Å². The summed E-state index contributed by atoms with van der Waals surface area (Å²) in [5.74, 6) is -0.257. The maximum atomic E-state index is 14.3. The van der Waals surface area contributed by atoms with Crippen molar-refractivity contribution in [1.82, 2.24) is 9.55 Å². The fraction of sp³-hybridized carbons (Fsp3) is 0.286. The summed E-state index contributed by atoms with van der Waals surface area (Å²) in [4.78, 5) is 4.44. The van der Waals surface area contributed by atoms with Gasteiger partial charge in [0.2, 0.25) is 10.0 Å². The Morgan fingerprint density at radius 1 is 1.21 bits per heavy atom. The van der Waals surface area contributed by atoms with Crippen molar-refractivity contribution in [2.45, 2.75) is 27.3 Å². The van der Waals surface area contributed by atoms with Crippen molar-refractivity contribution < 1.29 is 18.5 Å². The third kappa shape index (κ3) is 4.65. The summed E-state index contributed by atoms with van der Waals surface area (Å²) in [6, 6.07) is 9.27. The van der Waals surface area contributed by atoms with Crippen LogP contribution in [-0.2, 0) is 16.6 Å². The quantitative estimate of drug-likeness (QED) is 0.646. The van der Waals surface area contributed by atoms with E-state index in [-0.39, 0.29) is 12.4 Å². The Hall–Kier alpha value is -2.71. The second-order valence-electron chi connectivity index (χ2n) is 7.23. The van der Waals surface area contributed by atoms with Crippen LogP contribution in [0, 0.1) is 20.8 Å². The van der Waals surface area contributed by atoms with E-state index in [0.717, 1.165) is 45.4 Å². The molecule has 29 heavy (non-hydrogen) atoms. The molecule has 1 aromatic carbocycles. The van der Waals surface area contributed by atoms with Crippen molar-refractivity contribution in [3.8, 4) is 11.1 Å². The summed E-state index contributed by atoms with van der Waals surface area (Å²) in [5, 5.41) is 0.851. The maximum Gasteiger partial charge on any atom is 0.229 e. The van der Waals surface area contributed by atoms with Crippen molar-refractivity contribution in [3.05, 3.63) is 59.3 Å². The molecule has 6 nitrogen and oxygen atoms in total. The van der Waals surface area contributed by atoms with E-state index < -0.39 is 10.0 Å². The van der Waals surface area contributed by atoms with Crippen LogP contribution in [0.4, 0.5) is 10.1 Å². The van der Waals surface area contributed by atoms with Crippen LogP contribution in [0.2, 0.25) is 0 Å². The van der Waals surface area contributed by atoms with Gasteiger partial charge in [-0.05, 0) is 56.7 Å². The van der Waals surface area contributed by atoms with Crippen LogP contribution in [0.3, 0.4) is 0 Å². The summed E-state index contributed by atoms with van der Waals surface area (Å²) < 4.78 is 42.1. The minimum Gasteiger partial charge on any atom is -0.354 e. The van der Waals surface area contributed by atoms with Gasteiger partial charge in [-0.2, -0.15) is 0 Å². The molecular formula is C21H26FN4O2S+. The molecule has 0 atom stereocenters. The molecule has 0 saturated carbocycles. The lowest BCUT2D eigenvalue weighted by Gasteiger charge is -2.08. The zero-order valence-electron chi connectivity index (χ0n) is 17.1. The summed E-state index contributed by atoms with van der Waals surface area (Å²) in [6.07, 6.45) is 2.58. The minimum atomic E-state index is -3.41. The molecule has 0 aliphatic carbocycles. The normalized spacial score (nSPS) is 12.6. The SMILES string of the molecule is Cc1cc(-c2c(C)n(CC(F)=CC[NH3+])c3ccc(NS(C)(=O)=O)cc23)cc(C)n1. The van der Waals surface area contributed by atoms with Crippen molar-refractivity contribution in [3.63, 3.8) is 0 Å². The number of allylic oxidation sites excluding steroid dienone is 1. The zero-order chi connectivity index (χ0) is 21.3. The predicted octanol–water partition coefficient (Wildman–Crippen LogP) is 3.10. The third-order valence-electron chi connectivity index (χ3n) is 4.67. The molecule has 0 radical (unpaired) electrons. The molecule has 0 aliphatic rings. The van der Waals surface area contributed by atoms with Crippen LogP contribution < -0.4 is 10.5 Å². The first-order chi connectivity index (χ1) is 13.6. The molecule has 8 heteroatoms. The number of nitrogens with zero attached hydrogens (tertiary/aromatic N) is 2. The Balaban J connectivity index is 2.30. The molecule has 4 N–H and O–H groups in total. The van der Waals surface area contributed by atoms with E-state index in [2.05, 4.69) is 15.4 Å². The number of anilines is 1.